The Hall–Kier alpha value is -3.00. The summed E-state index contributed by atoms with van der Waals surface area (Å²) < 4.78 is 0. The van der Waals surface area contributed by atoms with E-state index >= 15 is 0 Å². The van der Waals surface area contributed by atoms with Gasteiger partial charge in [-0.3, -0.25) is 0 Å². The molecule has 2 aromatic carbocycles. The number of hydrogen-bond acceptors (Lipinski definition) is 2. The molecule has 0 bridgehead atoms. The molecule has 0 saturated carbocycles. The molecule has 1 atom stereocenters. The van der Waals surface area contributed by atoms with Crippen molar-refractivity contribution in [2.45, 2.75) is 47.5 Å². The zero-order valence-electron chi connectivity index (χ0n) is 19.7. The fourth-order valence-corrected chi connectivity index (χ4v) is 4.08. The summed E-state index contributed by atoms with van der Waals surface area (Å²) in [4.78, 5) is 0. The van der Waals surface area contributed by atoms with Crippen LogP contribution in [0.4, 0.5) is 0 Å². The van der Waals surface area contributed by atoms with E-state index in [4.69, 9.17) is 5.73 Å². The number of nitrogens with two attached hydrogens (primary N) is 1. The van der Waals surface area contributed by atoms with E-state index in [1.54, 1.807) is 0 Å². The number of aryl methyl sites for hydroxylation is 2. The van der Waals surface area contributed by atoms with Gasteiger partial charge in [0.1, 0.15) is 0 Å². The Morgan fingerprint density at radius 1 is 1.13 bits per heavy atom. The molecule has 0 spiro atoms. The normalized spacial score (nSPS) is 17.8. The van der Waals surface area contributed by atoms with Crippen LogP contribution in [0.15, 0.2) is 78.5 Å². The Kier molecular flexibility index (Phi) is 6.90. The van der Waals surface area contributed by atoms with Gasteiger partial charge in [-0.1, -0.05) is 73.2 Å². The highest BCUT2D eigenvalue weighted by Crippen LogP contribution is 2.30. The van der Waals surface area contributed by atoms with Gasteiger partial charge in [0.05, 0.1) is 0 Å². The lowest BCUT2D eigenvalue weighted by Gasteiger charge is -2.28. The summed E-state index contributed by atoms with van der Waals surface area (Å²) in [5.41, 5.74) is 16.9. The maximum Gasteiger partial charge on any atom is 0.0341 e. The minimum atomic E-state index is 0.0594. The van der Waals surface area contributed by atoms with Crippen molar-refractivity contribution < 1.29 is 0 Å². The molecule has 31 heavy (non-hydrogen) atoms. The van der Waals surface area contributed by atoms with Crippen LogP contribution in [-0.2, 0) is 6.42 Å². The van der Waals surface area contributed by atoms with E-state index in [9.17, 15) is 0 Å². The largest absolute Gasteiger partial charge is 0.399 e. The van der Waals surface area contributed by atoms with Gasteiger partial charge in [0.15, 0.2) is 0 Å². The molecule has 2 heteroatoms. The lowest BCUT2D eigenvalue weighted by molar-refractivity contribution is 0.419. The first-order valence-electron chi connectivity index (χ1n) is 11.1. The Morgan fingerprint density at radius 3 is 2.52 bits per heavy atom. The van der Waals surface area contributed by atoms with Crippen LogP contribution in [0.2, 0.25) is 0 Å². The predicted molar refractivity (Wildman–Crippen MR) is 136 cm³/mol. The first-order valence-corrected chi connectivity index (χ1v) is 11.1. The summed E-state index contributed by atoms with van der Waals surface area (Å²) in [5.74, 6) is 0. The molecule has 0 saturated heterocycles. The molecule has 2 aromatic rings. The third-order valence-corrected chi connectivity index (χ3v) is 6.15. The Balaban J connectivity index is 1.74. The van der Waals surface area contributed by atoms with Crippen molar-refractivity contribution in [3.63, 3.8) is 0 Å². The van der Waals surface area contributed by atoms with Crippen LogP contribution in [0, 0.1) is 19.3 Å². The average Bonchev–Trinajstić information content (AvgIpc) is 2.73. The lowest BCUT2D eigenvalue weighted by atomic mass is 9.83. The molecule has 0 heterocycles. The molecule has 3 N–H and O–H groups in total. The Bertz CT molecular complexity index is 1060. The maximum atomic E-state index is 5.87. The molecular weight excluding hydrogens is 376 g/mol. The van der Waals surface area contributed by atoms with Gasteiger partial charge in [-0.2, -0.15) is 0 Å². The Labute approximate surface area is 188 Å². The minimum absolute atomic E-state index is 0.0594. The summed E-state index contributed by atoms with van der Waals surface area (Å²) in [6, 6.07) is 15.5. The van der Waals surface area contributed by atoms with Gasteiger partial charge in [0.2, 0.25) is 0 Å². The highest BCUT2D eigenvalue weighted by molar-refractivity contribution is 5.74. The quantitative estimate of drug-likeness (QED) is 0.530. The first kappa shape index (κ1) is 22.7. The first-order chi connectivity index (χ1) is 14.7. The summed E-state index contributed by atoms with van der Waals surface area (Å²) in [7, 11) is 0. The molecule has 0 fully saturated rings. The monoisotopic (exact) mass is 412 g/mol. The van der Waals surface area contributed by atoms with Crippen molar-refractivity contribution in [3.8, 4) is 0 Å². The van der Waals surface area contributed by atoms with Crippen LogP contribution in [0.25, 0.3) is 11.3 Å². The number of allylic oxidation sites excluding steroid dienone is 4. The van der Waals surface area contributed by atoms with Gasteiger partial charge in [-0.05, 0) is 80.5 Å². The molecule has 0 aromatic heterocycles. The number of nitrogens with one attached hydrogen (secondary N) is 1. The smallest absolute Gasteiger partial charge is 0.0341 e. The summed E-state index contributed by atoms with van der Waals surface area (Å²) in [5, 5.41) is 3.54. The van der Waals surface area contributed by atoms with Gasteiger partial charge < -0.3 is 11.1 Å². The molecule has 2 nitrogen and oxygen atoms in total. The van der Waals surface area contributed by atoms with E-state index in [2.05, 4.69) is 101 Å². The van der Waals surface area contributed by atoms with E-state index in [0.717, 1.165) is 36.3 Å². The van der Waals surface area contributed by atoms with Crippen molar-refractivity contribution in [2.75, 3.05) is 6.54 Å². The Morgan fingerprint density at radius 2 is 1.90 bits per heavy atom. The molecule has 1 aliphatic rings. The van der Waals surface area contributed by atoms with E-state index in [0.29, 0.717) is 0 Å². The van der Waals surface area contributed by atoms with Gasteiger partial charge in [0, 0.05) is 23.4 Å². The molecule has 162 valence electrons. The van der Waals surface area contributed by atoms with E-state index in [-0.39, 0.29) is 5.41 Å². The maximum absolute atomic E-state index is 5.87. The molecule has 1 unspecified atom stereocenters. The van der Waals surface area contributed by atoms with Crippen molar-refractivity contribution in [2.24, 2.45) is 11.1 Å². The highest BCUT2D eigenvalue weighted by Gasteiger charge is 2.22. The average molecular weight is 413 g/mol. The van der Waals surface area contributed by atoms with Crippen LogP contribution in [0.3, 0.4) is 0 Å². The standard InChI is InChI=1S/C29H36N2/c1-20(2)28(18-24-9-7-8-21(3)16-24)27-11-10-25(17-22(27)4)23(5)31-19-29(6)14-12-26(30)13-15-29/h7-14,16-17,31H,5,15,18-19,30H2,1-4,6H3. The van der Waals surface area contributed by atoms with Gasteiger partial charge in [0.25, 0.3) is 0 Å². The zero-order chi connectivity index (χ0) is 22.6. The third kappa shape index (κ3) is 5.79. The summed E-state index contributed by atoms with van der Waals surface area (Å²) in [6.07, 6.45) is 8.19. The van der Waals surface area contributed by atoms with Gasteiger partial charge >= 0.3 is 0 Å². The van der Waals surface area contributed by atoms with Crippen LogP contribution >= 0.6 is 0 Å². The second-order valence-corrected chi connectivity index (χ2v) is 9.40. The van der Waals surface area contributed by atoms with Crippen LogP contribution in [-0.4, -0.2) is 6.54 Å². The number of benzene rings is 2. The van der Waals surface area contributed by atoms with Crippen LogP contribution in [0.5, 0.6) is 0 Å². The topological polar surface area (TPSA) is 38.0 Å². The van der Waals surface area contributed by atoms with Crippen molar-refractivity contribution >= 4 is 11.3 Å². The summed E-state index contributed by atoms with van der Waals surface area (Å²) >= 11 is 0. The van der Waals surface area contributed by atoms with Crippen LogP contribution in [0.1, 0.15) is 55.0 Å². The summed E-state index contributed by atoms with van der Waals surface area (Å²) in [6.45, 7) is 16.1. The molecule has 1 aliphatic carbocycles. The van der Waals surface area contributed by atoms with Gasteiger partial charge in [-0.15, -0.1) is 0 Å². The fraction of sp³-hybridized carbons (Fsp3) is 0.310. The second-order valence-electron chi connectivity index (χ2n) is 9.40. The van der Waals surface area contributed by atoms with E-state index < -0.39 is 0 Å². The molecule has 3 rings (SSSR count). The zero-order valence-corrected chi connectivity index (χ0v) is 19.7. The molecule has 0 radical (unpaired) electrons. The molecule has 0 amide bonds. The van der Waals surface area contributed by atoms with Crippen molar-refractivity contribution in [1.82, 2.24) is 5.32 Å². The second kappa shape index (κ2) is 9.43. The van der Waals surface area contributed by atoms with E-state index in [1.165, 1.54) is 33.4 Å². The predicted octanol–water partition coefficient (Wildman–Crippen LogP) is 6.71. The van der Waals surface area contributed by atoms with Crippen molar-refractivity contribution in [1.29, 1.82) is 0 Å². The highest BCUT2D eigenvalue weighted by atomic mass is 14.9. The van der Waals surface area contributed by atoms with Crippen molar-refractivity contribution in [3.05, 3.63) is 106 Å². The van der Waals surface area contributed by atoms with Gasteiger partial charge in [-0.25, -0.2) is 0 Å². The minimum Gasteiger partial charge on any atom is -0.399 e. The SMILES string of the molecule is C=C(NCC1(C)C=CC(N)=CC1)c1ccc(C(Cc2cccc(C)c2)=C(C)C)c(C)c1. The molecule has 0 aliphatic heterocycles. The number of rotatable bonds is 7. The molecular formula is C29H36N2. The third-order valence-electron chi connectivity index (χ3n) is 6.15. The van der Waals surface area contributed by atoms with E-state index in [1.807, 2.05) is 6.08 Å². The number of hydrogen-bond donors (Lipinski definition) is 2. The fourth-order valence-electron chi connectivity index (χ4n) is 4.08. The lowest BCUT2D eigenvalue weighted by Crippen LogP contribution is -2.30. The van der Waals surface area contributed by atoms with Crippen LogP contribution < -0.4 is 11.1 Å².